The minimum atomic E-state index is -1.74. The number of hydrogen-bond acceptors (Lipinski definition) is 3. The van der Waals surface area contributed by atoms with Gasteiger partial charge in [0.05, 0.1) is 12.2 Å². The molecule has 0 spiro atoms. The van der Waals surface area contributed by atoms with Crippen LogP contribution >= 0.6 is 0 Å². The van der Waals surface area contributed by atoms with Crippen molar-refractivity contribution >= 4 is 5.91 Å². The quantitative estimate of drug-likeness (QED) is 0.856. The number of carbonyl (C=O) groups is 1. The van der Waals surface area contributed by atoms with Crippen LogP contribution in [-0.4, -0.2) is 29.1 Å². The summed E-state index contributed by atoms with van der Waals surface area (Å²) in [6.45, 7) is 3.56. The lowest BCUT2D eigenvalue weighted by Crippen LogP contribution is -2.32. The highest BCUT2D eigenvalue weighted by Crippen LogP contribution is 2.37. The molecule has 22 heavy (non-hydrogen) atoms. The zero-order valence-electron chi connectivity index (χ0n) is 12.4. The molecule has 2 aromatic rings. The highest BCUT2D eigenvalue weighted by atomic mass is 19.1. The van der Waals surface area contributed by atoms with E-state index in [1.54, 1.807) is 19.9 Å². The Labute approximate surface area is 126 Å². The van der Waals surface area contributed by atoms with Crippen LogP contribution in [0.5, 0.6) is 0 Å². The molecule has 1 amide bonds. The van der Waals surface area contributed by atoms with Gasteiger partial charge in [-0.05, 0) is 37.1 Å². The van der Waals surface area contributed by atoms with E-state index in [-0.39, 0.29) is 30.8 Å². The Bertz CT molecular complexity index is 708. The number of aryl methyl sites for hydroxylation is 2. The fraction of sp³-hybridized carbons (Fsp3) is 0.375. The lowest BCUT2D eigenvalue weighted by atomic mass is 9.93. The molecular formula is C16H16F2N2O2. The van der Waals surface area contributed by atoms with E-state index < -0.39 is 17.4 Å². The highest BCUT2D eigenvalue weighted by Gasteiger charge is 2.42. The normalized spacial score (nSPS) is 21.4. The van der Waals surface area contributed by atoms with Crippen molar-refractivity contribution in [3.8, 4) is 0 Å². The van der Waals surface area contributed by atoms with Gasteiger partial charge in [0.15, 0.2) is 5.67 Å². The van der Waals surface area contributed by atoms with E-state index in [4.69, 9.17) is 4.52 Å². The molecule has 116 valence electrons. The van der Waals surface area contributed by atoms with Crippen molar-refractivity contribution in [1.82, 2.24) is 10.1 Å². The average Bonchev–Trinajstić information content (AvgIpc) is 3.04. The second kappa shape index (κ2) is 5.19. The van der Waals surface area contributed by atoms with Gasteiger partial charge in [-0.1, -0.05) is 11.2 Å². The Hall–Kier alpha value is -2.24. The molecule has 1 aliphatic heterocycles. The summed E-state index contributed by atoms with van der Waals surface area (Å²) in [7, 11) is 0. The molecule has 0 saturated carbocycles. The predicted octanol–water partition coefficient (Wildman–Crippen LogP) is 3.14. The predicted molar refractivity (Wildman–Crippen MR) is 75.7 cm³/mol. The second-order valence-electron chi connectivity index (χ2n) is 5.79. The third-order valence-corrected chi connectivity index (χ3v) is 3.90. The van der Waals surface area contributed by atoms with Crippen molar-refractivity contribution in [2.24, 2.45) is 0 Å². The second-order valence-corrected chi connectivity index (χ2v) is 5.79. The first-order valence-electron chi connectivity index (χ1n) is 7.06. The molecule has 1 atom stereocenters. The van der Waals surface area contributed by atoms with Crippen LogP contribution in [0.15, 0.2) is 28.8 Å². The molecule has 0 N–H and O–H groups in total. The van der Waals surface area contributed by atoms with Gasteiger partial charge in [-0.15, -0.1) is 0 Å². The maximum absolute atomic E-state index is 15.1. The van der Waals surface area contributed by atoms with Crippen LogP contribution in [-0.2, 0) is 5.67 Å². The van der Waals surface area contributed by atoms with E-state index in [0.29, 0.717) is 11.3 Å². The summed E-state index contributed by atoms with van der Waals surface area (Å²) in [6.07, 6.45) is 0.134. The van der Waals surface area contributed by atoms with E-state index in [1.807, 2.05) is 0 Å². The van der Waals surface area contributed by atoms with E-state index >= 15 is 4.39 Å². The number of nitrogens with zero attached hydrogens (tertiary/aromatic N) is 2. The fourth-order valence-electron chi connectivity index (χ4n) is 2.80. The van der Waals surface area contributed by atoms with Crippen molar-refractivity contribution in [2.45, 2.75) is 25.9 Å². The first-order chi connectivity index (χ1) is 10.4. The van der Waals surface area contributed by atoms with Gasteiger partial charge in [0, 0.05) is 19.0 Å². The monoisotopic (exact) mass is 306 g/mol. The van der Waals surface area contributed by atoms with Crippen LogP contribution in [0.2, 0.25) is 0 Å². The van der Waals surface area contributed by atoms with Gasteiger partial charge >= 0.3 is 0 Å². The van der Waals surface area contributed by atoms with Crippen LogP contribution in [0.1, 0.15) is 33.8 Å². The third kappa shape index (κ3) is 2.61. The largest absolute Gasteiger partial charge is 0.351 e. The van der Waals surface area contributed by atoms with Gasteiger partial charge < -0.3 is 9.42 Å². The fourth-order valence-corrected chi connectivity index (χ4v) is 2.80. The number of alkyl halides is 1. The summed E-state index contributed by atoms with van der Waals surface area (Å²) in [4.78, 5) is 13.6. The lowest BCUT2D eigenvalue weighted by Gasteiger charge is -2.21. The van der Waals surface area contributed by atoms with E-state index in [1.165, 1.54) is 23.1 Å². The number of halogens is 2. The number of aromatic nitrogens is 1. The summed E-state index contributed by atoms with van der Waals surface area (Å²) in [5.74, 6) is -0.770. The van der Waals surface area contributed by atoms with Crippen molar-refractivity contribution in [1.29, 1.82) is 0 Å². The number of amides is 1. The van der Waals surface area contributed by atoms with E-state index in [9.17, 15) is 9.18 Å². The topological polar surface area (TPSA) is 46.3 Å². The molecule has 0 aliphatic carbocycles. The Morgan fingerprint density at radius 1 is 1.32 bits per heavy atom. The SMILES string of the molecule is Cc1cc(F)cc([C@]2(F)CCN(C(=O)c3cc(C)no3)C2)c1. The Kier molecular flexibility index (Phi) is 3.47. The Morgan fingerprint density at radius 3 is 2.73 bits per heavy atom. The number of likely N-dealkylation sites (tertiary alicyclic amines) is 1. The summed E-state index contributed by atoms with van der Waals surface area (Å²) >= 11 is 0. The standard InChI is InChI=1S/C16H16F2N2O2/c1-10-5-12(8-13(17)6-10)16(18)3-4-20(9-16)15(21)14-7-11(2)19-22-14/h5-8H,3-4,9H2,1-2H3/t16-/m0/s1. The molecule has 3 rings (SSSR count). The van der Waals surface area contributed by atoms with Crippen molar-refractivity contribution in [2.75, 3.05) is 13.1 Å². The first-order valence-corrected chi connectivity index (χ1v) is 7.06. The summed E-state index contributed by atoms with van der Waals surface area (Å²) < 4.78 is 33.6. The van der Waals surface area contributed by atoms with Gasteiger partial charge in [-0.25, -0.2) is 8.78 Å². The van der Waals surface area contributed by atoms with Crippen LogP contribution in [0, 0.1) is 19.7 Å². The first kappa shape index (κ1) is 14.7. The molecule has 1 aromatic carbocycles. The summed E-state index contributed by atoms with van der Waals surface area (Å²) in [5, 5.41) is 3.66. The molecule has 1 fully saturated rings. The zero-order chi connectivity index (χ0) is 15.9. The Balaban J connectivity index is 1.82. The van der Waals surface area contributed by atoms with Gasteiger partial charge in [-0.2, -0.15) is 0 Å². The van der Waals surface area contributed by atoms with E-state index in [2.05, 4.69) is 5.16 Å². The molecular weight excluding hydrogens is 290 g/mol. The lowest BCUT2D eigenvalue weighted by molar-refractivity contribution is 0.0710. The third-order valence-electron chi connectivity index (χ3n) is 3.90. The molecule has 0 radical (unpaired) electrons. The molecule has 6 heteroatoms. The highest BCUT2D eigenvalue weighted by molar-refractivity contribution is 5.91. The van der Waals surface area contributed by atoms with Gasteiger partial charge in [0.2, 0.25) is 5.76 Å². The molecule has 1 saturated heterocycles. The zero-order valence-corrected chi connectivity index (χ0v) is 12.4. The maximum atomic E-state index is 15.1. The number of rotatable bonds is 2. The van der Waals surface area contributed by atoms with Crippen LogP contribution in [0.3, 0.4) is 0 Å². The minimum absolute atomic E-state index is 0.0946. The number of benzene rings is 1. The molecule has 0 bridgehead atoms. The molecule has 0 unspecified atom stereocenters. The van der Waals surface area contributed by atoms with Gasteiger partial charge in [-0.3, -0.25) is 4.79 Å². The maximum Gasteiger partial charge on any atom is 0.292 e. The molecule has 2 heterocycles. The number of carbonyl (C=O) groups excluding carboxylic acids is 1. The van der Waals surface area contributed by atoms with Gasteiger partial charge in [0.25, 0.3) is 5.91 Å². The van der Waals surface area contributed by atoms with Crippen molar-refractivity contribution < 1.29 is 18.1 Å². The van der Waals surface area contributed by atoms with Crippen LogP contribution in [0.4, 0.5) is 8.78 Å². The van der Waals surface area contributed by atoms with Crippen LogP contribution in [0.25, 0.3) is 0 Å². The molecule has 1 aliphatic rings. The van der Waals surface area contributed by atoms with Crippen molar-refractivity contribution in [3.63, 3.8) is 0 Å². The smallest absolute Gasteiger partial charge is 0.292 e. The van der Waals surface area contributed by atoms with Crippen molar-refractivity contribution in [3.05, 3.63) is 52.7 Å². The van der Waals surface area contributed by atoms with E-state index in [0.717, 1.165) is 0 Å². The summed E-state index contributed by atoms with van der Waals surface area (Å²) in [6, 6.07) is 5.68. The average molecular weight is 306 g/mol. The number of hydrogen-bond donors (Lipinski definition) is 0. The molecule has 1 aromatic heterocycles. The minimum Gasteiger partial charge on any atom is -0.351 e. The molecule has 4 nitrogen and oxygen atoms in total. The Morgan fingerprint density at radius 2 is 2.09 bits per heavy atom. The summed E-state index contributed by atoms with van der Waals surface area (Å²) in [5.41, 5.74) is -0.219. The van der Waals surface area contributed by atoms with Crippen LogP contribution < -0.4 is 0 Å². The van der Waals surface area contributed by atoms with Gasteiger partial charge in [0.1, 0.15) is 5.82 Å².